The highest BCUT2D eigenvalue weighted by Crippen LogP contribution is 2.30. The number of anilines is 1. The highest BCUT2D eigenvalue weighted by atomic mass is 16.2. The average molecular weight is 275 g/mol. The first-order valence-electron chi connectivity index (χ1n) is 7.47. The number of aromatic nitrogens is 1. The molecule has 0 aliphatic carbocycles. The van der Waals surface area contributed by atoms with Gasteiger partial charge in [-0.1, -0.05) is 27.2 Å². The van der Waals surface area contributed by atoms with Crippen molar-refractivity contribution in [1.82, 2.24) is 9.88 Å². The molecule has 110 valence electrons. The number of carbonyl (C=O) groups is 1. The second kappa shape index (κ2) is 5.81. The fourth-order valence-electron chi connectivity index (χ4n) is 2.62. The molecule has 1 aliphatic heterocycles. The number of nitrogens with two attached hydrogens (primary N) is 1. The molecule has 1 aromatic heterocycles. The van der Waals surface area contributed by atoms with Crippen LogP contribution in [0.15, 0.2) is 12.1 Å². The van der Waals surface area contributed by atoms with Crippen molar-refractivity contribution in [3.8, 4) is 0 Å². The molecule has 20 heavy (non-hydrogen) atoms. The molecule has 1 amide bonds. The largest absolute Gasteiger partial charge is 0.384 e. The van der Waals surface area contributed by atoms with Crippen LogP contribution in [0.5, 0.6) is 0 Å². The lowest BCUT2D eigenvalue weighted by Crippen LogP contribution is -2.41. The van der Waals surface area contributed by atoms with Crippen molar-refractivity contribution < 1.29 is 4.79 Å². The number of pyridine rings is 1. The summed E-state index contributed by atoms with van der Waals surface area (Å²) in [5, 5.41) is 0. The Morgan fingerprint density at radius 1 is 1.35 bits per heavy atom. The third-order valence-electron chi connectivity index (χ3n) is 4.06. The molecule has 1 aromatic rings. The lowest BCUT2D eigenvalue weighted by atomic mass is 9.82. The van der Waals surface area contributed by atoms with E-state index in [0.717, 1.165) is 44.5 Å². The van der Waals surface area contributed by atoms with Crippen LogP contribution in [-0.2, 0) is 6.42 Å². The third kappa shape index (κ3) is 3.50. The normalized spacial score (nSPS) is 18.1. The molecule has 0 aromatic carbocycles. The summed E-state index contributed by atoms with van der Waals surface area (Å²) in [5.74, 6) is 0.531. The monoisotopic (exact) mass is 275 g/mol. The molecule has 1 fully saturated rings. The van der Waals surface area contributed by atoms with Crippen molar-refractivity contribution >= 4 is 11.7 Å². The Hall–Kier alpha value is -1.58. The van der Waals surface area contributed by atoms with Crippen LogP contribution in [-0.4, -0.2) is 28.9 Å². The van der Waals surface area contributed by atoms with Gasteiger partial charge in [0.1, 0.15) is 5.82 Å². The molecule has 2 heterocycles. The minimum absolute atomic E-state index is 0.0898. The summed E-state index contributed by atoms with van der Waals surface area (Å²) >= 11 is 0. The van der Waals surface area contributed by atoms with Crippen molar-refractivity contribution in [2.45, 2.75) is 46.5 Å². The van der Waals surface area contributed by atoms with Gasteiger partial charge in [0.05, 0.1) is 0 Å². The van der Waals surface area contributed by atoms with Gasteiger partial charge in [-0.15, -0.1) is 0 Å². The number of hydrogen-bond donors (Lipinski definition) is 1. The van der Waals surface area contributed by atoms with Crippen molar-refractivity contribution in [2.24, 2.45) is 5.41 Å². The number of aryl methyl sites for hydroxylation is 1. The van der Waals surface area contributed by atoms with E-state index in [1.807, 2.05) is 11.0 Å². The van der Waals surface area contributed by atoms with Gasteiger partial charge in [-0.05, 0) is 36.8 Å². The maximum atomic E-state index is 12.6. The Morgan fingerprint density at radius 2 is 2.00 bits per heavy atom. The standard InChI is InChI=1S/C16H25N3O/c1-4-5-13-10-12(11-14(17)18-13)15(20)19-8-6-16(2,3)7-9-19/h10-11H,4-9H2,1-3H3,(H2,17,18). The number of piperidine rings is 1. The molecule has 0 bridgehead atoms. The van der Waals surface area contributed by atoms with E-state index in [2.05, 4.69) is 25.8 Å². The Labute approximate surface area is 121 Å². The number of hydrogen-bond acceptors (Lipinski definition) is 3. The molecule has 2 N–H and O–H groups in total. The average Bonchev–Trinajstić information content (AvgIpc) is 2.37. The van der Waals surface area contributed by atoms with E-state index >= 15 is 0 Å². The summed E-state index contributed by atoms with van der Waals surface area (Å²) in [6.07, 6.45) is 3.97. The first-order chi connectivity index (χ1) is 9.41. The number of rotatable bonds is 3. The van der Waals surface area contributed by atoms with Crippen molar-refractivity contribution in [3.05, 3.63) is 23.4 Å². The second-order valence-corrected chi connectivity index (χ2v) is 6.48. The van der Waals surface area contributed by atoms with Gasteiger partial charge in [0.25, 0.3) is 5.91 Å². The summed E-state index contributed by atoms with van der Waals surface area (Å²) in [7, 11) is 0. The maximum absolute atomic E-state index is 12.6. The van der Waals surface area contributed by atoms with E-state index in [1.165, 1.54) is 0 Å². The first-order valence-corrected chi connectivity index (χ1v) is 7.47. The molecule has 0 saturated carbocycles. The quantitative estimate of drug-likeness (QED) is 0.922. The lowest BCUT2D eigenvalue weighted by Gasteiger charge is -2.37. The molecule has 0 spiro atoms. The predicted octanol–water partition coefficient (Wildman–Crippen LogP) is 2.88. The third-order valence-corrected chi connectivity index (χ3v) is 4.06. The van der Waals surface area contributed by atoms with Gasteiger partial charge in [-0.2, -0.15) is 0 Å². The van der Waals surface area contributed by atoms with E-state index in [1.54, 1.807) is 6.07 Å². The number of likely N-dealkylation sites (tertiary alicyclic amines) is 1. The molecule has 2 rings (SSSR count). The van der Waals surface area contributed by atoms with Crippen LogP contribution >= 0.6 is 0 Å². The van der Waals surface area contributed by atoms with Crippen LogP contribution in [0, 0.1) is 5.41 Å². The number of amides is 1. The van der Waals surface area contributed by atoms with Gasteiger partial charge >= 0.3 is 0 Å². The molecule has 0 radical (unpaired) electrons. The topological polar surface area (TPSA) is 59.2 Å². The van der Waals surface area contributed by atoms with Crippen molar-refractivity contribution in [2.75, 3.05) is 18.8 Å². The van der Waals surface area contributed by atoms with Gasteiger partial charge in [-0.25, -0.2) is 4.98 Å². The Balaban J connectivity index is 2.13. The molecule has 4 heteroatoms. The van der Waals surface area contributed by atoms with E-state index in [0.29, 0.717) is 16.8 Å². The number of nitrogen functional groups attached to an aromatic ring is 1. The van der Waals surface area contributed by atoms with Gasteiger partial charge < -0.3 is 10.6 Å². The fraction of sp³-hybridized carbons (Fsp3) is 0.625. The van der Waals surface area contributed by atoms with E-state index in [4.69, 9.17) is 5.73 Å². The fourth-order valence-corrected chi connectivity index (χ4v) is 2.62. The molecule has 0 atom stereocenters. The van der Waals surface area contributed by atoms with Gasteiger partial charge in [-0.3, -0.25) is 4.79 Å². The van der Waals surface area contributed by atoms with Crippen molar-refractivity contribution in [3.63, 3.8) is 0 Å². The van der Waals surface area contributed by atoms with Crippen LogP contribution in [0.2, 0.25) is 0 Å². The first kappa shape index (κ1) is 14.8. The minimum atomic E-state index is 0.0898. The van der Waals surface area contributed by atoms with E-state index in [9.17, 15) is 4.79 Å². The zero-order valence-corrected chi connectivity index (χ0v) is 12.8. The highest BCUT2D eigenvalue weighted by Gasteiger charge is 2.28. The summed E-state index contributed by atoms with van der Waals surface area (Å²) < 4.78 is 0. The SMILES string of the molecule is CCCc1cc(C(=O)N2CCC(C)(C)CC2)cc(N)n1. The molecule has 1 saturated heterocycles. The van der Waals surface area contributed by atoms with Crippen LogP contribution in [0.3, 0.4) is 0 Å². The van der Waals surface area contributed by atoms with Gasteiger partial charge in [0.2, 0.25) is 0 Å². The predicted molar refractivity (Wildman–Crippen MR) is 81.6 cm³/mol. The molecule has 4 nitrogen and oxygen atoms in total. The Kier molecular flexibility index (Phi) is 4.31. The summed E-state index contributed by atoms with van der Waals surface area (Å²) in [6.45, 7) is 8.28. The zero-order valence-electron chi connectivity index (χ0n) is 12.8. The van der Waals surface area contributed by atoms with Crippen molar-refractivity contribution in [1.29, 1.82) is 0 Å². The van der Waals surface area contributed by atoms with Crippen LogP contribution < -0.4 is 5.73 Å². The van der Waals surface area contributed by atoms with Gasteiger partial charge in [0, 0.05) is 24.3 Å². The molecule has 0 unspecified atom stereocenters. The molecular weight excluding hydrogens is 250 g/mol. The minimum Gasteiger partial charge on any atom is -0.384 e. The Morgan fingerprint density at radius 3 is 2.60 bits per heavy atom. The Bertz CT molecular complexity index is 486. The summed E-state index contributed by atoms with van der Waals surface area (Å²) in [6, 6.07) is 3.59. The van der Waals surface area contributed by atoms with Crippen LogP contribution in [0.25, 0.3) is 0 Å². The van der Waals surface area contributed by atoms with Crippen LogP contribution in [0.1, 0.15) is 56.1 Å². The number of nitrogens with zero attached hydrogens (tertiary/aromatic N) is 2. The van der Waals surface area contributed by atoms with E-state index in [-0.39, 0.29) is 5.91 Å². The molecular formula is C16H25N3O. The summed E-state index contributed by atoms with van der Waals surface area (Å²) in [5.41, 5.74) is 7.76. The smallest absolute Gasteiger partial charge is 0.254 e. The number of carbonyl (C=O) groups excluding carboxylic acids is 1. The van der Waals surface area contributed by atoms with E-state index < -0.39 is 0 Å². The highest BCUT2D eigenvalue weighted by molar-refractivity contribution is 5.95. The van der Waals surface area contributed by atoms with Crippen LogP contribution in [0.4, 0.5) is 5.82 Å². The maximum Gasteiger partial charge on any atom is 0.254 e. The summed E-state index contributed by atoms with van der Waals surface area (Å²) in [4.78, 5) is 18.8. The lowest BCUT2D eigenvalue weighted by molar-refractivity contribution is 0.0630. The second-order valence-electron chi connectivity index (χ2n) is 6.48. The zero-order chi connectivity index (χ0) is 14.8. The molecule has 1 aliphatic rings. The van der Waals surface area contributed by atoms with Gasteiger partial charge in [0.15, 0.2) is 0 Å².